The molecule has 0 radical (unpaired) electrons. The zero-order valence-electron chi connectivity index (χ0n) is 17.3. The lowest BCUT2D eigenvalue weighted by Gasteiger charge is -2.32. The Morgan fingerprint density at radius 3 is 2.58 bits per heavy atom. The van der Waals surface area contributed by atoms with E-state index in [9.17, 15) is 14.0 Å². The van der Waals surface area contributed by atoms with Gasteiger partial charge in [-0.1, -0.05) is 48.5 Å². The molecule has 4 nitrogen and oxygen atoms in total. The van der Waals surface area contributed by atoms with Gasteiger partial charge in [0.25, 0.3) is 0 Å². The summed E-state index contributed by atoms with van der Waals surface area (Å²) in [6, 6.07) is 19.6. The second-order valence-corrected chi connectivity index (χ2v) is 7.92. The number of hydrogen-bond acceptors (Lipinski definition) is 3. The molecule has 0 unspecified atom stereocenters. The zero-order valence-corrected chi connectivity index (χ0v) is 17.3. The van der Waals surface area contributed by atoms with Crippen LogP contribution >= 0.6 is 0 Å². The number of Topliss-reactive ketones (excluding diaryl/α,β-unsaturated/α-hetero) is 1. The van der Waals surface area contributed by atoms with E-state index in [1.165, 1.54) is 6.07 Å². The van der Waals surface area contributed by atoms with Gasteiger partial charge in [0.05, 0.1) is 0 Å². The summed E-state index contributed by atoms with van der Waals surface area (Å²) in [4.78, 5) is 31.7. The first-order valence-corrected chi connectivity index (χ1v) is 10.7. The minimum Gasteiger partial charge on any atom is -0.342 e. The highest BCUT2D eigenvalue weighted by Crippen LogP contribution is 2.26. The Hall–Kier alpha value is -3.34. The molecule has 1 atom stereocenters. The van der Waals surface area contributed by atoms with Crippen molar-refractivity contribution in [3.8, 4) is 11.1 Å². The number of nitrogens with zero attached hydrogens (tertiary/aromatic N) is 2. The third-order valence-corrected chi connectivity index (χ3v) is 5.80. The van der Waals surface area contributed by atoms with Gasteiger partial charge in [-0.3, -0.25) is 14.6 Å². The minimum atomic E-state index is -0.406. The lowest BCUT2D eigenvalue weighted by molar-refractivity contribution is -0.132. The monoisotopic (exact) mass is 416 g/mol. The third-order valence-electron chi connectivity index (χ3n) is 5.80. The molecular weight excluding hydrogens is 391 g/mol. The Labute approximate surface area is 181 Å². The van der Waals surface area contributed by atoms with Crippen LogP contribution in [0.15, 0.2) is 72.9 Å². The van der Waals surface area contributed by atoms with E-state index < -0.39 is 5.82 Å². The number of carbonyl (C=O) groups excluding carboxylic acids is 2. The van der Waals surface area contributed by atoms with Crippen molar-refractivity contribution in [1.29, 1.82) is 0 Å². The van der Waals surface area contributed by atoms with Gasteiger partial charge < -0.3 is 4.90 Å². The third kappa shape index (κ3) is 5.05. The molecular formula is C26H25FN2O2. The Morgan fingerprint density at radius 2 is 1.84 bits per heavy atom. The summed E-state index contributed by atoms with van der Waals surface area (Å²) >= 11 is 0. The largest absolute Gasteiger partial charge is 0.342 e. The summed E-state index contributed by atoms with van der Waals surface area (Å²) in [6.07, 6.45) is 4.16. The van der Waals surface area contributed by atoms with Crippen molar-refractivity contribution in [2.45, 2.75) is 25.7 Å². The van der Waals surface area contributed by atoms with Crippen molar-refractivity contribution in [2.24, 2.45) is 5.92 Å². The van der Waals surface area contributed by atoms with Gasteiger partial charge in [-0.15, -0.1) is 0 Å². The summed E-state index contributed by atoms with van der Waals surface area (Å²) in [6.45, 7) is 1.05. The SMILES string of the molecule is O=C(c1ccc(-c2ccccc2)c(F)c1)[C@@H]1CCCN(C(=O)CCc2ccccn2)C1. The molecule has 4 rings (SSSR count). The van der Waals surface area contributed by atoms with Gasteiger partial charge in [0.1, 0.15) is 5.82 Å². The number of rotatable bonds is 6. The van der Waals surface area contributed by atoms with Gasteiger partial charge in [-0.2, -0.15) is 0 Å². The Bertz CT molecular complexity index is 1050. The van der Waals surface area contributed by atoms with E-state index in [-0.39, 0.29) is 17.6 Å². The highest BCUT2D eigenvalue weighted by molar-refractivity contribution is 5.98. The summed E-state index contributed by atoms with van der Waals surface area (Å²) in [7, 11) is 0. The number of halogens is 1. The van der Waals surface area contributed by atoms with Gasteiger partial charge in [-0.25, -0.2) is 4.39 Å². The first-order chi connectivity index (χ1) is 15.1. The lowest BCUT2D eigenvalue weighted by Crippen LogP contribution is -2.42. The van der Waals surface area contributed by atoms with Crippen molar-refractivity contribution in [3.63, 3.8) is 0 Å². The van der Waals surface area contributed by atoms with Gasteiger partial charge >= 0.3 is 0 Å². The Balaban J connectivity index is 1.40. The molecule has 1 fully saturated rings. The molecule has 1 aromatic heterocycles. The smallest absolute Gasteiger partial charge is 0.222 e. The molecule has 1 aliphatic rings. The van der Waals surface area contributed by atoms with Crippen LogP contribution in [0.3, 0.4) is 0 Å². The number of piperidine rings is 1. The van der Waals surface area contributed by atoms with Gasteiger partial charge in [0.2, 0.25) is 5.91 Å². The summed E-state index contributed by atoms with van der Waals surface area (Å²) in [5.41, 5.74) is 2.51. The molecule has 0 saturated carbocycles. The number of aromatic nitrogens is 1. The molecule has 0 spiro atoms. The van der Waals surface area contributed by atoms with E-state index in [2.05, 4.69) is 4.98 Å². The maximum Gasteiger partial charge on any atom is 0.222 e. The molecule has 2 heterocycles. The number of likely N-dealkylation sites (tertiary alicyclic amines) is 1. The summed E-state index contributed by atoms with van der Waals surface area (Å²) < 4.78 is 14.7. The van der Waals surface area contributed by atoms with E-state index in [1.807, 2.05) is 48.5 Å². The maximum atomic E-state index is 14.7. The van der Waals surface area contributed by atoms with E-state index in [1.54, 1.807) is 23.2 Å². The van der Waals surface area contributed by atoms with Crippen molar-refractivity contribution < 1.29 is 14.0 Å². The molecule has 1 saturated heterocycles. The van der Waals surface area contributed by atoms with Crippen LogP contribution in [0.1, 0.15) is 35.3 Å². The van der Waals surface area contributed by atoms with E-state index in [0.717, 1.165) is 17.7 Å². The molecule has 3 aromatic rings. The van der Waals surface area contributed by atoms with Crippen molar-refractivity contribution >= 4 is 11.7 Å². The summed E-state index contributed by atoms with van der Waals surface area (Å²) in [5, 5.41) is 0. The van der Waals surface area contributed by atoms with Crippen LogP contribution in [0.5, 0.6) is 0 Å². The van der Waals surface area contributed by atoms with Gasteiger partial charge in [-0.05, 0) is 43.0 Å². The first kappa shape index (κ1) is 20.9. The van der Waals surface area contributed by atoms with Crippen LogP contribution in [0.2, 0.25) is 0 Å². The second-order valence-electron chi connectivity index (χ2n) is 7.92. The molecule has 1 aliphatic heterocycles. The number of aryl methyl sites for hydroxylation is 1. The quantitative estimate of drug-likeness (QED) is 0.535. The zero-order chi connectivity index (χ0) is 21.6. The fourth-order valence-electron chi connectivity index (χ4n) is 4.11. The number of ketones is 1. The Morgan fingerprint density at radius 1 is 1.03 bits per heavy atom. The van der Waals surface area contributed by atoms with Crippen molar-refractivity contribution in [1.82, 2.24) is 9.88 Å². The fraction of sp³-hybridized carbons (Fsp3) is 0.269. The van der Waals surface area contributed by atoms with Gasteiger partial charge in [0, 0.05) is 48.4 Å². The van der Waals surface area contributed by atoms with Crippen LogP contribution < -0.4 is 0 Å². The number of benzene rings is 2. The number of hydrogen-bond donors (Lipinski definition) is 0. The number of amides is 1. The predicted molar refractivity (Wildman–Crippen MR) is 118 cm³/mol. The molecule has 0 bridgehead atoms. The first-order valence-electron chi connectivity index (χ1n) is 10.7. The van der Waals surface area contributed by atoms with E-state index in [0.29, 0.717) is 43.5 Å². The van der Waals surface area contributed by atoms with Crippen molar-refractivity contribution in [3.05, 3.63) is 90.0 Å². The standard InChI is InChI=1S/C26H25FN2O2/c27-24-17-20(11-13-23(24)19-7-2-1-3-8-19)26(31)21-9-6-16-29(18-21)25(30)14-12-22-10-4-5-15-28-22/h1-5,7-8,10-11,13,15,17,21H,6,9,12,14,16,18H2/t21-/m1/s1. The van der Waals surface area contributed by atoms with Gasteiger partial charge in [0.15, 0.2) is 5.78 Å². The molecule has 2 aromatic carbocycles. The van der Waals surface area contributed by atoms with E-state index in [4.69, 9.17) is 0 Å². The summed E-state index contributed by atoms with van der Waals surface area (Å²) in [5.74, 6) is -0.764. The van der Waals surface area contributed by atoms with Crippen LogP contribution in [-0.4, -0.2) is 34.7 Å². The molecule has 31 heavy (non-hydrogen) atoms. The molecule has 158 valence electrons. The molecule has 0 aliphatic carbocycles. The number of carbonyl (C=O) groups is 2. The van der Waals surface area contributed by atoms with Crippen LogP contribution in [0.4, 0.5) is 4.39 Å². The average molecular weight is 416 g/mol. The lowest BCUT2D eigenvalue weighted by atomic mass is 9.89. The molecule has 5 heteroatoms. The molecule has 0 N–H and O–H groups in total. The number of pyridine rings is 1. The van der Waals surface area contributed by atoms with Crippen LogP contribution in [-0.2, 0) is 11.2 Å². The maximum absolute atomic E-state index is 14.7. The normalized spacial score (nSPS) is 16.2. The molecule has 1 amide bonds. The van der Waals surface area contributed by atoms with Crippen LogP contribution in [0, 0.1) is 11.7 Å². The topological polar surface area (TPSA) is 50.3 Å². The van der Waals surface area contributed by atoms with Crippen molar-refractivity contribution in [2.75, 3.05) is 13.1 Å². The average Bonchev–Trinajstić information content (AvgIpc) is 2.83. The fourth-order valence-corrected chi connectivity index (χ4v) is 4.11. The predicted octanol–water partition coefficient (Wildman–Crippen LogP) is 4.94. The second kappa shape index (κ2) is 9.65. The highest BCUT2D eigenvalue weighted by atomic mass is 19.1. The highest BCUT2D eigenvalue weighted by Gasteiger charge is 2.29. The van der Waals surface area contributed by atoms with E-state index >= 15 is 0 Å². The van der Waals surface area contributed by atoms with Crippen LogP contribution in [0.25, 0.3) is 11.1 Å². The minimum absolute atomic E-state index is 0.0359. The Kier molecular flexibility index (Phi) is 6.51.